The second-order valence-electron chi connectivity index (χ2n) is 2.86. The van der Waals surface area contributed by atoms with E-state index in [2.05, 4.69) is 25.7 Å². The zero-order valence-electron chi connectivity index (χ0n) is 8.34. The topological polar surface area (TPSA) is 65.2 Å². The number of ether oxygens (including phenoxy) is 1. The Morgan fingerprint density at radius 2 is 2.31 bits per heavy atom. The highest BCUT2D eigenvalue weighted by atomic mass is 79.9. The Kier molecular flexibility index (Phi) is 4.31. The van der Waals surface area contributed by atoms with Crippen molar-refractivity contribution in [2.45, 2.75) is 13.0 Å². The highest BCUT2D eigenvalue weighted by molar-refractivity contribution is 9.10. The van der Waals surface area contributed by atoms with E-state index in [-0.39, 0.29) is 22.3 Å². The van der Waals surface area contributed by atoms with Crippen molar-refractivity contribution in [2.75, 3.05) is 7.11 Å². The summed E-state index contributed by atoms with van der Waals surface area (Å²) in [5.74, 6) is -0.870. The summed E-state index contributed by atoms with van der Waals surface area (Å²) in [7, 11) is 1.11. The number of carbonyl (C=O) groups is 1. The van der Waals surface area contributed by atoms with Crippen molar-refractivity contribution in [3.63, 3.8) is 0 Å². The number of rotatable bonds is 3. The lowest BCUT2D eigenvalue weighted by Crippen LogP contribution is -2.13. The Morgan fingerprint density at radius 1 is 1.69 bits per heavy atom. The minimum atomic E-state index is -2.81. The van der Waals surface area contributed by atoms with E-state index in [1.54, 1.807) is 0 Å². The molecule has 1 rings (SSSR count). The molecule has 0 aliphatic carbocycles. The summed E-state index contributed by atoms with van der Waals surface area (Å²) in [5, 5.41) is 0. The fourth-order valence-electron chi connectivity index (χ4n) is 1.25. The molecule has 0 fully saturated rings. The number of hydrogen-bond acceptors (Lipinski definition) is 4. The Hall–Kier alpha value is -1.08. The van der Waals surface area contributed by atoms with Crippen LogP contribution in [0.15, 0.2) is 10.8 Å². The average molecular weight is 295 g/mol. The summed E-state index contributed by atoms with van der Waals surface area (Å²) in [6.07, 6.45) is -1.61. The SMILES string of the molecule is COC(=O)c1c(Br)ncc(CN)c1C(F)F. The number of methoxy groups -OCH3 is 1. The molecule has 0 unspecified atom stereocenters. The molecule has 0 spiro atoms. The molecule has 88 valence electrons. The number of alkyl halides is 2. The standard InChI is InChI=1S/C9H9BrF2N2O2/c1-16-9(15)6-5(8(11)12)4(2-13)3-14-7(6)10/h3,8H,2,13H2,1H3. The van der Waals surface area contributed by atoms with Gasteiger partial charge in [0.25, 0.3) is 6.43 Å². The van der Waals surface area contributed by atoms with Crippen LogP contribution in [0.4, 0.5) is 8.78 Å². The molecule has 0 aromatic carbocycles. The quantitative estimate of drug-likeness (QED) is 0.684. The molecule has 0 aliphatic heterocycles. The molecule has 7 heteroatoms. The largest absolute Gasteiger partial charge is 0.465 e. The first-order valence-corrected chi connectivity index (χ1v) is 5.06. The van der Waals surface area contributed by atoms with E-state index in [4.69, 9.17) is 5.73 Å². The predicted molar refractivity (Wildman–Crippen MR) is 56.1 cm³/mol. The van der Waals surface area contributed by atoms with Crippen LogP contribution in [0.25, 0.3) is 0 Å². The molecule has 0 saturated heterocycles. The van der Waals surface area contributed by atoms with Crippen LogP contribution < -0.4 is 5.73 Å². The van der Waals surface area contributed by atoms with Gasteiger partial charge in [0.15, 0.2) is 0 Å². The van der Waals surface area contributed by atoms with Gasteiger partial charge in [0, 0.05) is 18.3 Å². The lowest BCUT2D eigenvalue weighted by Gasteiger charge is -2.12. The van der Waals surface area contributed by atoms with Crippen LogP contribution in [0.2, 0.25) is 0 Å². The van der Waals surface area contributed by atoms with Crippen LogP contribution in [-0.2, 0) is 11.3 Å². The molecule has 1 aromatic rings. The van der Waals surface area contributed by atoms with E-state index in [1.165, 1.54) is 6.20 Å². The van der Waals surface area contributed by atoms with E-state index in [1.807, 2.05) is 0 Å². The lowest BCUT2D eigenvalue weighted by atomic mass is 10.1. The lowest BCUT2D eigenvalue weighted by molar-refractivity contribution is 0.0587. The molecular weight excluding hydrogens is 286 g/mol. The minimum Gasteiger partial charge on any atom is -0.465 e. The second kappa shape index (κ2) is 5.31. The molecule has 2 N–H and O–H groups in total. The summed E-state index contributed by atoms with van der Waals surface area (Å²) in [6.45, 7) is -0.121. The normalized spacial score (nSPS) is 10.6. The van der Waals surface area contributed by atoms with Gasteiger partial charge >= 0.3 is 5.97 Å². The molecule has 16 heavy (non-hydrogen) atoms. The van der Waals surface area contributed by atoms with Crippen LogP contribution >= 0.6 is 15.9 Å². The number of aromatic nitrogens is 1. The fraction of sp³-hybridized carbons (Fsp3) is 0.333. The molecular formula is C9H9BrF2N2O2. The van der Waals surface area contributed by atoms with Crippen LogP contribution in [0.5, 0.6) is 0 Å². The summed E-state index contributed by atoms with van der Waals surface area (Å²) in [4.78, 5) is 15.1. The number of nitrogens with two attached hydrogens (primary N) is 1. The van der Waals surface area contributed by atoms with Gasteiger partial charge in [-0.1, -0.05) is 0 Å². The molecule has 0 atom stereocenters. The van der Waals surface area contributed by atoms with Crippen LogP contribution in [0.3, 0.4) is 0 Å². The van der Waals surface area contributed by atoms with Gasteiger partial charge in [-0.2, -0.15) is 0 Å². The monoisotopic (exact) mass is 294 g/mol. The van der Waals surface area contributed by atoms with E-state index in [0.29, 0.717) is 0 Å². The Balaban J connectivity index is 3.48. The van der Waals surface area contributed by atoms with E-state index in [9.17, 15) is 13.6 Å². The zero-order valence-corrected chi connectivity index (χ0v) is 9.92. The summed E-state index contributed by atoms with van der Waals surface area (Å²) >= 11 is 2.93. The molecule has 0 saturated carbocycles. The third-order valence-corrected chi connectivity index (χ3v) is 2.58. The first-order chi connectivity index (χ1) is 7.52. The maximum absolute atomic E-state index is 12.8. The maximum Gasteiger partial charge on any atom is 0.341 e. The Morgan fingerprint density at radius 3 is 2.75 bits per heavy atom. The van der Waals surface area contributed by atoms with Crippen molar-refractivity contribution in [2.24, 2.45) is 5.73 Å². The number of esters is 1. The molecule has 1 aromatic heterocycles. The van der Waals surface area contributed by atoms with Crippen molar-refractivity contribution in [3.05, 3.63) is 27.5 Å². The molecule has 0 radical (unpaired) electrons. The van der Waals surface area contributed by atoms with Gasteiger partial charge in [0.05, 0.1) is 7.11 Å². The highest BCUT2D eigenvalue weighted by Gasteiger charge is 2.25. The number of nitrogens with zero attached hydrogens (tertiary/aromatic N) is 1. The highest BCUT2D eigenvalue weighted by Crippen LogP contribution is 2.30. The van der Waals surface area contributed by atoms with Gasteiger partial charge < -0.3 is 10.5 Å². The second-order valence-corrected chi connectivity index (χ2v) is 3.61. The average Bonchev–Trinajstić information content (AvgIpc) is 2.27. The molecule has 0 aliphatic rings. The third kappa shape index (κ3) is 2.35. The van der Waals surface area contributed by atoms with Crippen molar-refractivity contribution in [1.29, 1.82) is 0 Å². The first kappa shape index (κ1) is 13.0. The van der Waals surface area contributed by atoms with Crippen LogP contribution in [-0.4, -0.2) is 18.1 Å². The Bertz CT molecular complexity index is 413. The maximum atomic E-state index is 12.8. The van der Waals surface area contributed by atoms with E-state index >= 15 is 0 Å². The number of halogens is 3. The summed E-state index contributed by atoms with van der Waals surface area (Å²) in [6, 6.07) is 0. The predicted octanol–water partition coefficient (Wildman–Crippen LogP) is 2.03. The van der Waals surface area contributed by atoms with Gasteiger partial charge in [-0.3, -0.25) is 0 Å². The fourth-order valence-corrected chi connectivity index (χ4v) is 1.73. The molecule has 1 heterocycles. The van der Waals surface area contributed by atoms with Crippen molar-refractivity contribution >= 4 is 21.9 Å². The van der Waals surface area contributed by atoms with Gasteiger partial charge in [0.1, 0.15) is 10.2 Å². The molecule has 0 bridgehead atoms. The minimum absolute atomic E-state index is 0.0202. The van der Waals surface area contributed by atoms with Crippen molar-refractivity contribution in [1.82, 2.24) is 4.98 Å². The van der Waals surface area contributed by atoms with Gasteiger partial charge in [-0.25, -0.2) is 18.6 Å². The first-order valence-electron chi connectivity index (χ1n) is 4.26. The summed E-state index contributed by atoms with van der Waals surface area (Å²) < 4.78 is 30.1. The number of hydrogen-bond donors (Lipinski definition) is 1. The summed E-state index contributed by atoms with van der Waals surface area (Å²) in [5.41, 5.74) is 4.72. The van der Waals surface area contributed by atoms with Crippen LogP contribution in [0, 0.1) is 0 Å². The number of carbonyl (C=O) groups excluding carboxylic acids is 1. The number of pyridine rings is 1. The van der Waals surface area contributed by atoms with Gasteiger partial charge in [-0.05, 0) is 21.5 Å². The molecule has 0 amide bonds. The van der Waals surface area contributed by atoms with E-state index in [0.717, 1.165) is 7.11 Å². The van der Waals surface area contributed by atoms with E-state index < -0.39 is 18.0 Å². The smallest absolute Gasteiger partial charge is 0.341 e. The van der Waals surface area contributed by atoms with Crippen molar-refractivity contribution < 1.29 is 18.3 Å². The van der Waals surface area contributed by atoms with Crippen molar-refractivity contribution in [3.8, 4) is 0 Å². The van der Waals surface area contributed by atoms with Gasteiger partial charge in [-0.15, -0.1) is 0 Å². The third-order valence-electron chi connectivity index (χ3n) is 1.98. The zero-order chi connectivity index (χ0) is 12.3. The van der Waals surface area contributed by atoms with Gasteiger partial charge in [0.2, 0.25) is 0 Å². The Labute approximate surface area is 98.9 Å². The molecule has 4 nitrogen and oxygen atoms in total. The van der Waals surface area contributed by atoms with Crippen LogP contribution in [0.1, 0.15) is 27.9 Å².